The third kappa shape index (κ3) is 4.70. The highest BCUT2D eigenvalue weighted by Crippen LogP contribution is 2.23. The SMILES string of the molecule is Cc1cnc(N2CCC[C@@H](Cn3cc(CN4CCSCC4)nn3)C2)nc1N. The van der Waals surface area contributed by atoms with Gasteiger partial charge in [0.25, 0.3) is 0 Å². The van der Waals surface area contributed by atoms with Crippen LogP contribution >= 0.6 is 11.8 Å². The van der Waals surface area contributed by atoms with E-state index in [0.717, 1.165) is 62.9 Å². The number of nitrogens with two attached hydrogens (primary N) is 1. The summed E-state index contributed by atoms with van der Waals surface area (Å²) in [5.41, 5.74) is 7.96. The number of thioether (sulfide) groups is 1. The fourth-order valence-electron chi connectivity index (χ4n) is 3.75. The summed E-state index contributed by atoms with van der Waals surface area (Å²) >= 11 is 2.03. The Morgan fingerprint density at radius 1 is 1.26 bits per heavy atom. The van der Waals surface area contributed by atoms with Crippen LogP contribution in [0.15, 0.2) is 12.4 Å². The molecule has 4 heterocycles. The van der Waals surface area contributed by atoms with Gasteiger partial charge in [0.05, 0.1) is 5.69 Å². The lowest BCUT2D eigenvalue weighted by atomic mass is 9.98. The smallest absolute Gasteiger partial charge is 0.227 e. The van der Waals surface area contributed by atoms with Crippen LogP contribution in [0, 0.1) is 12.8 Å². The minimum Gasteiger partial charge on any atom is -0.383 e. The quantitative estimate of drug-likeness (QED) is 0.823. The van der Waals surface area contributed by atoms with Crippen LogP contribution in [-0.4, -0.2) is 67.5 Å². The number of piperidine rings is 1. The summed E-state index contributed by atoms with van der Waals surface area (Å²) in [5, 5.41) is 8.75. The summed E-state index contributed by atoms with van der Waals surface area (Å²) in [6.45, 7) is 7.94. The number of nitrogens with zero attached hydrogens (tertiary/aromatic N) is 7. The molecule has 2 aromatic rings. The van der Waals surface area contributed by atoms with E-state index in [1.165, 1.54) is 17.9 Å². The molecule has 0 aromatic carbocycles. The minimum atomic E-state index is 0.519. The van der Waals surface area contributed by atoms with Gasteiger partial charge in [-0.05, 0) is 25.7 Å². The second kappa shape index (κ2) is 8.43. The molecule has 0 saturated carbocycles. The number of hydrogen-bond donors (Lipinski definition) is 1. The van der Waals surface area contributed by atoms with Gasteiger partial charge in [0, 0.05) is 68.7 Å². The summed E-state index contributed by atoms with van der Waals surface area (Å²) in [7, 11) is 0. The van der Waals surface area contributed by atoms with E-state index in [-0.39, 0.29) is 0 Å². The predicted octanol–water partition coefficient (Wildman–Crippen LogP) is 1.42. The second-order valence-electron chi connectivity index (χ2n) is 7.51. The van der Waals surface area contributed by atoms with Crippen molar-refractivity contribution in [2.75, 3.05) is 48.3 Å². The Bertz CT molecular complexity index is 758. The highest BCUT2D eigenvalue weighted by molar-refractivity contribution is 7.99. The maximum absolute atomic E-state index is 5.96. The number of nitrogen functional groups attached to an aromatic ring is 1. The first kappa shape index (κ1) is 18.5. The molecule has 0 aliphatic carbocycles. The molecule has 2 aromatic heterocycles. The first-order valence-electron chi connectivity index (χ1n) is 9.70. The molecule has 8 nitrogen and oxygen atoms in total. The van der Waals surface area contributed by atoms with Gasteiger partial charge in [-0.25, -0.2) is 4.98 Å². The van der Waals surface area contributed by atoms with Crippen molar-refractivity contribution in [1.82, 2.24) is 29.9 Å². The Balaban J connectivity index is 1.34. The van der Waals surface area contributed by atoms with Gasteiger partial charge < -0.3 is 10.6 Å². The average Bonchev–Trinajstić information content (AvgIpc) is 3.12. The van der Waals surface area contributed by atoms with E-state index in [1.54, 1.807) is 0 Å². The van der Waals surface area contributed by atoms with Gasteiger partial charge in [-0.2, -0.15) is 16.7 Å². The van der Waals surface area contributed by atoms with Crippen LogP contribution < -0.4 is 10.6 Å². The third-order valence-corrected chi connectivity index (χ3v) is 6.26. The maximum atomic E-state index is 5.96. The molecular weight excluding hydrogens is 360 g/mol. The summed E-state index contributed by atoms with van der Waals surface area (Å²) < 4.78 is 2.01. The Labute approximate surface area is 164 Å². The number of anilines is 2. The van der Waals surface area contributed by atoms with Gasteiger partial charge in [-0.15, -0.1) is 5.10 Å². The fourth-order valence-corrected chi connectivity index (χ4v) is 4.73. The molecule has 2 fully saturated rings. The molecule has 0 amide bonds. The molecule has 2 aliphatic heterocycles. The highest BCUT2D eigenvalue weighted by Gasteiger charge is 2.23. The van der Waals surface area contributed by atoms with E-state index >= 15 is 0 Å². The monoisotopic (exact) mass is 388 g/mol. The molecule has 146 valence electrons. The van der Waals surface area contributed by atoms with Crippen molar-refractivity contribution in [3.8, 4) is 0 Å². The molecule has 9 heteroatoms. The summed E-state index contributed by atoms with van der Waals surface area (Å²) in [6.07, 6.45) is 6.25. The summed E-state index contributed by atoms with van der Waals surface area (Å²) in [5.74, 6) is 4.27. The van der Waals surface area contributed by atoms with E-state index in [0.29, 0.717) is 11.7 Å². The van der Waals surface area contributed by atoms with Crippen LogP contribution in [0.4, 0.5) is 11.8 Å². The van der Waals surface area contributed by atoms with E-state index in [2.05, 4.69) is 36.3 Å². The zero-order chi connectivity index (χ0) is 18.6. The largest absolute Gasteiger partial charge is 0.383 e. The van der Waals surface area contributed by atoms with Crippen LogP contribution in [0.5, 0.6) is 0 Å². The van der Waals surface area contributed by atoms with Crippen LogP contribution in [0.2, 0.25) is 0 Å². The van der Waals surface area contributed by atoms with Crippen molar-refractivity contribution in [2.24, 2.45) is 5.92 Å². The lowest BCUT2D eigenvalue weighted by Crippen LogP contribution is -2.38. The number of aryl methyl sites for hydroxylation is 1. The number of aromatic nitrogens is 5. The Kier molecular flexibility index (Phi) is 5.77. The lowest BCUT2D eigenvalue weighted by Gasteiger charge is -2.32. The standard InChI is InChI=1S/C18H28N8S/c1-14-9-20-18(21-17(14)19)25-4-2-3-15(10-25)11-26-13-16(22-23-26)12-24-5-7-27-8-6-24/h9,13,15H,2-8,10-12H2,1H3,(H2,19,20,21)/t15-/m1/s1. The maximum Gasteiger partial charge on any atom is 0.227 e. The molecule has 1 atom stereocenters. The summed E-state index contributed by atoms with van der Waals surface area (Å²) in [4.78, 5) is 13.6. The van der Waals surface area contributed by atoms with Crippen LogP contribution in [0.3, 0.4) is 0 Å². The van der Waals surface area contributed by atoms with Crippen LogP contribution in [0.25, 0.3) is 0 Å². The van der Waals surface area contributed by atoms with Crippen molar-refractivity contribution in [3.63, 3.8) is 0 Å². The molecule has 0 bridgehead atoms. The zero-order valence-electron chi connectivity index (χ0n) is 15.9. The van der Waals surface area contributed by atoms with Gasteiger partial charge in [0.1, 0.15) is 5.82 Å². The average molecular weight is 389 g/mol. The van der Waals surface area contributed by atoms with Gasteiger partial charge in [0.2, 0.25) is 5.95 Å². The van der Waals surface area contributed by atoms with Crippen molar-refractivity contribution in [2.45, 2.75) is 32.9 Å². The molecular formula is C18H28N8S. The van der Waals surface area contributed by atoms with Gasteiger partial charge in [-0.1, -0.05) is 5.21 Å². The minimum absolute atomic E-state index is 0.519. The van der Waals surface area contributed by atoms with Crippen molar-refractivity contribution >= 4 is 23.5 Å². The van der Waals surface area contributed by atoms with Crippen LogP contribution in [0.1, 0.15) is 24.1 Å². The summed E-state index contributed by atoms with van der Waals surface area (Å²) in [6, 6.07) is 0. The number of rotatable bonds is 5. The highest BCUT2D eigenvalue weighted by atomic mass is 32.2. The molecule has 0 radical (unpaired) electrons. The van der Waals surface area contributed by atoms with Gasteiger partial charge >= 0.3 is 0 Å². The van der Waals surface area contributed by atoms with Crippen molar-refractivity contribution in [1.29, 1.82) is 0 Å². The first-order valence-corrected chi connectivity index (χ1v) is 10.9. The molecule has 0 unspecified atom stereocenters. The third-order valence-electron chi connectivity index (χ3n) is 5.32. The molecule has 2 saturated heterocycles. The van der Waals surface area contributed by atoms with Gasteiger partial charge in [-0.3, -0.25) is 9.58 Å². The Morgan fingerprint density at radius 2 is 2.11 bits per heavy atom. The predicted molar refractivity (Wildman–Crippen MR) is 109 cm³/mol. The molecule has 2 aliphatic rings. The van der Waals surface area contributed by atoms with Gasteiger partial charge in [0.15, 0.2) is 0 Å². The van der Waals surface area contributed by atoms with Crippen molar-refractivity contribution < 1.29 is 0 Å². The zero-order valence-corrected chi connectivity index (χ0v) is 16.7. The molecule has 4 rings (SSSR count). The fraction of sp³-hybridized carbons (Fsp3) is 0.667. The molecule has 2 N–H and O–H groups in total. The topological polar surface area (TPSA) is 89.0 Å². The van der Waals surface area contributed by atoms with E-state index in [9.17, 15) is 0 Å². The lowest BCUT2D eigenvalue weighted by molar-refractivity contribution is 0.291. The Morgan fingerprint density at radius 3 is 2.93 bits per heavy atom. The molecule has 0 spiro atoms. The number of hydrogen-bond acceptors (Lipinski definition) is 8. The van der Waals surface area contributed by atoms with E-state index in [1.807, 2.05) is 29.6 Å². The Hall–Kier alpha value is -1.87. The van der Waals surface area contributed by atoms with E-state index < -0.39 is 0 Å². The second-order valence-corrected chi connectivity index (χ2v) is 8.74. The van der Waals surface area contributed by atoms with Crippen molar-refractivity contribution in [3.05, 3.63) is 23.7 Å². The van der Waals surface area contributed by atoms with Crippen LogP contribution in [-0.2, 0) is 13.1 Å². The molecule has 27 heavy (non-hydrogen) atoms. The normalized spacial score (nSPS) is 21.5. The van der Waals surface area contributed by atoms with E-state index in [4.69, 9.17) is 5.73 Å². The first-order chi connectivity index (χ1) is 13.2.